The topological polar surface area (TPSA) is 49.4 Å². The van der Waals surface area contributed by atoms with Gasteiger partial charge in [-0.05, 0) is 0 Å². The van der Waals surface area contributed by atoms with Gasteiger partial charge in [0, 0.05) is 19.6 Å². The Morgan fingerprint density at radius 3 is 2.19 bits per heavy atom. The first-order valence-corrected chi connectivity index (χ1v) is 6.39. The van der Waals surface area contributed by atoms with E-state index in [-0.39, 0.29) is 18.3 Å². The van der Waals surface area contributed by atoms with Crippen molar-refractivity contribution >= 4 is 10.0 Å². The summed E-state index contributed by atoms with van der Waals surface area (Å²) in [5.41, 5.74) is 0. The summed E-state index contributed by atoms with van der Waals surface area (Å²) in [6.07, 6.45) is -4.51. The van der Waals surface area contributed by atoms with Crippen LogP contribution in [0.5, 0.6) is 0 Å². The third-order valence-electron chi connectivity index (χ3n) is 1.79. The number of hydrogen-bond acceptors (Lipinski definition) is 3. The number of hydrogen-bond donors (Lipinski definition) is 1. The molecule has 0 spiro atoms. The molecule has 0 fully saturated rings. The highest BCUT2D eigenvalue weighted by Gasteiger charge is 2.33. The van der Waals surface area contributed by atoms with Gasteiger partial charge in [0.05, 0.1) is 5.75 Å². The van der Waals surface area contributed by atoms with E-state index < -0.39 is 22.7 Å². The molecule has 0 bridgehead atoms. The van der Waals surface area contributed by atoms with E-state index in [1.54, 1.807) is 0 Å². The first-order valence-electron chi connectivity index (χ1n) is 4.79. The fraction of sp³-hybridized carbons (Fsp3) is 1.00. The van der Waals surface area contributed by atoms with Crippen LogP contribution in [0.2, 0.25) is 0 Å². The Bertz CT molecular complexity index is 301. The predicted octanol–water partition coefficient (Wildman–Crippen LogP) is 0.808. The maximum atomic E-state index is 12.0. The molecule has 0 aliphatic rings. The summed E-state index contributed by atoms with van der Waals surface area (Å²) in [4.78, 5) is 0. The molecule has 0 aromatic rings. The zero-order chi connectivity index (χ0) is 13.0. The third kappa shape index (κ3) is 7.02. The molecule has 0 amide bonds. The lowest BCUT2D eigenvalue weighted by molar-refractivity contribution is -0.134. The Kier molecular flexibility index (Phi) is 5.71. The molecule has 1 N–H and O–H groups in total. The van der Waals surface area contributed by atoms with Crippen LogP contribution in [0.1, 0.15) is 13.8 Å². The highest BCUT2D eigenvalue weighted by Crippen LogP contribution is 2.17. The molecule has 0 unspecified atom stereocenters. The summed E-state index contributed by atoms with van der Waals surface area (Å²) in [6, 6.07) is 0.100. The van der Waals surface area contributed by atoms with Gasteiger partial charge in [-0.25, -0.2) is 8.42 Å². The molecular weight excluding hydrogens is 245 g/mol. The summed E-state index contributed by atoms with van der Waals surface area (Å²) >= 11 is 0. The fourth-order valence-electron chi connectivity index (χ4n) is 0.983. The third-order valence-corrected chi connectivity index (χ3v) is 3.59. The smallest absolute Gasteiger partial charge is 0.313 e. The second-order valence-electron chi connectivity index (χ2n) is 3.80. The van der Waals surface area contributed by atoms with Gasteiger partial charge in [0.15, 0.2) is 0 Å². The average molecular weight is 262 g/mol. The monoisotopic (exact) mass is 262 g/mol. The van der Waals surface area contributed by atoms with E-state index in [2.05, 4.69) is 5.32 Å². The maximum Gasteiger partial charge on any atom is 0.402 e. The van der Waals surface area contributed by atoms with Crippen molar-refractivity contribution in [2.75, 3.05) is 25.9 Å². The molecule has 98 valence electrons. The Balaban J connectivity index is 4.22. The van der Waals surface area contributed by atoms with Crippen LogP contribution in [0, 0.1) is 0 Å². The second kappa shape index (κ2) is 5.83. The summed E-state index contributed by atoms with van der Waals surface area (Å²) in [5.74, 6) is -0.336. The fourth-order valence-corrected chi connectivity index (χ4v) is 2.01. The molecule has 0 radical (unpaired) electrons. The van der Waals surface area contributed by atoms with Crippen LogP contribution in [0.3, 0.4) is 0 Å². The molecule has 8 heteroatoms. The van der Waals surface area contributed by atoms with Gasteiger partial charge in [-0.1, -0.05) is 13.8 Å². The van der Waals surface area contributed by atoms with Crippen LogP contribution in [0.15, 0.2) is 0 Å². The zero-order valence-corrected chi connectivity index (χ0v) is 10.3. The lowest BCUT2D eigenvalue weighted by atomic mass is 10.4. The van der Waals surface area contributed by atoms with Gasteiger partial charge >= 0.3 is 6.18 Å². The van der Waals surface area contributed by atoms with Gasteiger partial charge < -0.3 is 5.32 Å². The van der Waals surface area contributed by atoms with E-state index in [0.29, 0.717) is 4.31 Å². The van der Waals surface area contributed by atoms with Crippen molar-refractivity contribution in [3.63, 3.8) is 0 Å². The molecule has 0 saturated heterocycles. The summed E-state index contributed by atoms with van der Waals surface area (Å²) in [6.45, 7) is 2.34. The van der Waals surface area contributed by atoms with E-state index in [1.807, 2.05) is 13.8 Å². The second-order valence-corrected chi connectivity index (χ2v) is 5.99. The molecule has 4 nitrogen and oxygen atoms in total. The Morgan fingerprint density at radius 1 is 1.31 bits per heavy atom. The van der Waals surface area contributed by atoms with Crippen LogP contribution >= 0.6 is 0 Å². The normalized spacial score (nSPS) is 13.8. The van der Waals surface area contributed by atoms with Gasteiger partial charge in [-0.2, -0.15) is 17.5 Å². The lowest BCUT2D eigenvalue weighted by Crippen LogP contribution is -2.40. The molecule has 0 aliphatic carbocycles. The van der Waals surface area contributed by atoms with E-state index in [1.165, 1.54) is 0 Å². The molecule has 0 aromatic heterocycles. The minimum atomic E-state index is -4.51. The van der Waals surface area contributed by atoms with Crippen LogP contribution in [0.25, 0.3) is 0 Å². The van der Waals surface area contributed by atoms with Crippen molar-refractivity contribution in [2.45, 2.75) is 26.1 Å². The highest BCUT2D eigenvalue weighted by atomic mass is 32.2. The Labute approximate surface area is 93.9 Å². The molecule has 16 heavy (non-hydrogen) atoms. The van der Waals surface area contributed by atoms with Crippen LogP contribution < -0.4 is 5.32 Å². The minimum Gasteiger partial charge on any atom is -0.313 e. The quantitative estimate of drug-likeness (QED) is 0.770. The molecule has 0 rings (SSSR count). The van der Waals surface area contributed by atoms with Crippen molar-refractivity contribution in [1.29, 1.82) is 0 Å². The summed E-state index contributed by atoms with van der Waals surface area (Å²) in [5, 5.41) is 2.83. The van der Waals surface area contributed by atoms with E-state index in [4.69, 9.17) is 0 Å². The van der Waals surface area contributed by atoms with Crippen molar-refractivity contribution < 1.29 is 21.6 Å². The number of rotatable bonds is 6. The van der Waals surface area contributed by atoms with E-state index >= 15 is 0 Å². The van der Waals surface area contributed by atoms with Crippen molar-refractivity contribution in [3.05, 3.63) is 0 Å². The molecule has 0 atom stereocenters. The number of sulfonamides is 1. The van der Waals surface area contributed by atoms with Crippen molar-refractivity contribution in [1.82, 2.24) is 9.62 Å². The first-order chi connectivity index (χ1) is 7.04. The maximum absolute atomic E-state index is 12.0. The number of alkyl halides is 3. The number of halogens is 3. The van der Waals surface area contributed by atoms with Gasteiger partial charge in [0.1, 0.15) is 6.54 Å². The SMILES string of the molecule is CC(C)NCCS(=O)(=O)N(C)CC(F)(F)F. The summed E-state index contributed by atoms with van der Waals surface area (Å²) in [7, 11) is -2.91. The minimum absolute atomic E-state index is 0.100. The van der Waals surface area contributed by atoms with Gasteiger partial charge in [0.25, 0.3) is 0 Å². The van der Waals surface area contributed by atoms with Crippen molar-refractivity contribution in [2.24, 2.45) is 0 Å². The first kappa shape index (κ1) is 15.7. The molecular formula is C8H17F3N2O2S. The predicted molar refractivity (Wildman–Crippen MR) is 55.6 cm³/mol. The number of nitrogens with one attached hydrogen (secondary N) is 1. The Morgan fingerprint density at radius 2 is 1.81 bits per heavy atom. The largest absolute Gasteiger partial charge is 0.402 e. The average Bonchev–Trinajstić information content (AvgIpc) is 1.99. The van der Waals surface area contributed by atoms with Gasteiger partial charge in [-0.3, -0.25) is 0 Å². The van der Waals surface area contributed by atoms with E-state index in [9.17, 15) is 21.6 Å². The molecule has 0 saturated carbocycles. The Hall–Kier alpha value is -0.340. The van der Waals surface area contributed by atoms with Crippen LogP contribution in [-0.4, -0.2) is 50.8 Å². The van der Waals surface area contributed by atoms with Gasteiger partial charge in [-0.15, -0.1) is 0 Å². The molecule has 0 aliphatic heterocycles. The standard InChI is InChI=1S/C8H17F3N2O2S/c1-7(2)12-4-5-16(14,15)13(3)6-8(9,10)11/h7,12H,4-6H2,1-3H3. The van der Waals surface area contributed by atoms with Crippen LogP contribution in [-0.2, 0) is 10.0 Å². The van der Waals surface area contributed by atoms with E-state index in [0.717, 1.165) is 7.05 Å². The zero-order valence-electron chi connectivity index (χ0n) is 9.50. The summed E-state index contributed by atoms with van der Waals surface area (Å²) < 4.78 is 59.0. The van der Waals surface area contributed by atoms with Crippen LogP contribution in [0.4, 0.5) is 13.2 Å². The highest BCUT2D eigenvalue weighted by molar-refractivity contribution is 7.89. The molecule has 0 heterocycles. The van der Waals surface area contributed by atoms with Crippen molar-refractivity contribution in [3.8, 4) is 0 Å². The number of nitrogens with zero attached hydrogens (tertiary/aromatic N) is 1. The molecule has 0 aromatic carbocycles. The lowest BCUT2D eigenvalue weighted by Gasteiger charge is -2.19. The van der Waals surface area contributed by atoms with Gasteiger partial charge in [0.2, 0.25) is 10.0 Å².